The van der Waals surface area contributed by atoms with Gasteiger partial charge in [0.05, 0.1) is 11.7 Å². The van der Waals surface area contributed by atoms with E-state index in [1.54, 1.807) is 6.20 Å². The zero-order valence-corrected chi connectivity index (χ0v) is 17.8. The normalized spacial score (nSPS) is 16.0. The van der Waals surface area contributed by atoms with Crippen molar-refractivity contribution in [3.05, 3.63) is 60.0 Å². The maximum absolute atomic E-state index is 12.8. The number of nitrogens with zero attached hydrogens (tertiary/aromatic N) is 3. The van der Waals surface area contributed by atoms with Crippen molar-refractivity contribution in [1.82, 2.24) is 25.4 Å². The van der Waals surface area contributed by atoms with Gasteiger partial charge < -0.3 is 10.2 Å². The molecule has 2 N–H and O–H groups in total. The first-order valence-electron chi connectivity index (χ1n) is 10.8. The lowest BCUT2D eigenvalue weighted by atomic mass is 9.91. The highest BCUT2D eigenvalue weighted by Gasteiger charge is 2.28. The van der Waals surface area contributed by atoms with Gasteiger partial charge in [-0.1, -0.05) is 25.0 Å². The van der Waals surface area contributed by atoms with Crippen LogP contribution in [0.15, 0.2) is 48.9 Å². The molecule has 1 saturated carbocycles. The molecule has 2 atom stereocenters. The van der Waals surface area contributed by atoms with Crippen molar-refractivity contribution in [3.8, 4) is 0 Å². The second-order valence-corrected chi connectivity index (χ2v) is 8.78. The number of carbonyl (C=O) groups is 1. The number of benzene rings is 1. The van der Waals surface area contributed by atoms with Crippen LogP contribution in [0.1, 0.15) is 42.7 Å². The fourth-order valence-corrected chi connectivity index (χ4v) is 4.07. The van der Waals surface area contributed by atoms with Gasteiger partial charge in [-0.2, -0.15) is 5.10 Å². The zero-order chi connectivity index (χ0) is 20.9. The molecular formula is C24H31N5O. The second-order valence-electron chi connectivity index (χ2n) is 8.78. The van der Waals surface area contributed by atoms with Gasteiger partial charge in [-0.3, -0.25) is 14.9 Å². The molecule has 1 aliphatic rings. The Hall–Kier alpha value is -2.73. The molecule has 6 heteroatoms. The van der Waals surface area contributed by atoms with E-state index in [0.717, 1.165) is 29.7 Å². The van der Waals surface area contributed by atoms with E-state index in [9.17, 15) is 4.79 Å². The van der Waals surface area contributed by atoms with Crippen LogP contribution in [0.25, 0.3) is 10.9 Å². The summed E-state index contributed by atoms with van der Waals surface area (Å²) in [5.74, 6) is 1.16. The highest BCUT2D eigenvalue weighted by molar-refractivity contribution is 5.78. The number of aromatic nitrogens is 3. The van der Waals surface area contributed by atoms with Crippen molar-refractivity contribution < 1.29 is 4.79 Å². The smallest absolute Gasteiger partial charge is 0.220 e. The first-order valence-corrected chi connectivity index (χ1v) is 10.8. The van der Waals surface area contributed by atoms with E-state index < -0.39 is 0 Å². The summed E-state index contributed by atoms with van der Waals surface area (Å²) in [5, 5.41) is 11.4. The van der Waals surface area contributed by atoms with Crippen molar-refractivity contribution in [3.63, 3.8) is 0 Å². The van der Waals surface area contributed by atoms with Gasteiger partial charge in [0.2, 0.25) is 5.91 Å². The first kappa shape index (κ1) is 20.5. The zero-order valence-electron chi connectivity index (χ0n) is 17.8. The van der Waals surface area contributed by atoms with E-state index in [2.05, 4.69) is 63.8 Å². The summed E-state index contributed by atoms with van der Waals surface area (Å²) in [6.45, 7) is 0.637. The number of hydrogen-bond acceptors (Lipinski definition) is 4. The molecule has 0 aliphatic heterocycles. The standard InChI is InChI=1S/C24H31N5O/c1-29(2)22(12-18-7-8-23-21(11-18)15-27-28-23)16-26-24(30)13-20(10-17-5-6-17)19-4-3-9-25-14-19/h3-4,7-9,11,14-15,17,20,22H,5-6,10,12-13,16H2,1-2H3,(H,26,30)(H,27,28). The molecule has 0 bridgehead atoms. The number of pyridine rings is 1. The lowest BCUT2D eigenvalue weighted by molar-refractivity contribution is -0.121. The van der Waals surface area contributed by atoms with Crippen LogP contribution in [-0.2, 0) is 11.2 Å². The minimum Gasteiger partial charge on any atom is -0.355 e. The summed E-state index contributed by atoms with van der Waals surface area (Å²) in [6, 6.07) is 10.7. The van der Waals surface area contributed by atoms with Crippen molar-refractivity contribution >= 4 is 16.8 Å². The predicted molar refractivity (Wildman–Crippen MR) is 119 cm³/mol. The Kier molecular flexibility index (Phi) is 6.43. The number of H-pyrrole nitrogens is 1. The van der Waals surface area contributed by atoms with Crippen LogP contribution in [0.2, 0.25) is 0 Å². The van der Waals surface area contributed by atoms with Crippen molar-refractivity contribution in [2.45, 2.75) is 44.1 Å². The molecule has 2 unspecified atom stereocenters. The van der Waals surface area contributed by atoms with Gasteiger partial charge in [0, 0.05) is 36.8 Å². The molecule has 2 heterocycles. The molecule has 1 aliphatic carbocycles. The number of carbonyl (C=O) groups excluding carboxylic acids is 1. The third-order valence-corrected chi connectivity index (χ3v) is 6.14. The van der Waals surface area contributed by atoms with E-state index >= 15 is 0 Å². The number of rotatable bonds is 10. The number of fused-ring (bicyclic) bond motifs is 1. The van der Waals surface area contributed by atoms with Crippen molar-refractivity contribution in [1.29, 1.82) is 0 Å². The molecule has 0 spiro atoms. The molecule has 1 aromatic carbocycles. The molecule has 3 aromatic rings. The quantitative estimate of drug-likeness (QED) is 0.541. The lowest BCUT2D eigenvalue weighted by Crippen LogP contribution is -2.41. The van der Waals surface area contributed by atoms with Crippen molar-refractivity contribution in [2.24, 2.45) is 5.92 Å². The Morgan fingerprint density at radius 1 is 1.27 bits per heavy atom. The van der Waals surface area contributed by atoms with Gasteiger partial charge in [-0.15, -0.1) is 0 Å². The van der Waals surface area contributed by atoms with Crippen LogP contribution in [0, 0.1) is 5.92 Å². The van der Waals surface area contributed by atoms with Gasteiger partial charge >= 0.3 is 0 Å². The number of aromatic amines is 1. The average molecular weight is 406 g/mol. The number of likely N-dealkylation sites (N-methyl/N-ethyl adjacent to an activating group) is 1. The Morgan fingerprint density at radius 2 is 2.13 bits per heavy atom. The molecule has 30 heavy (non-hydrogen) atoms. The highest BCUT2D eigenvalue weighted by Crippen LogP contribution is 2.39. The first-order chi connectivity index (χ1) is 14.6. The largest absolute Gasteiger partial charge is 0.355 e. The number of hydrogen-bond donors (Lipinski definition) is 2. The highest BCUT2D eigenvalue weighted by atomic mass is 16.1. The van der Waals surface area contributed by atoms with Gasteiger partial charge in [0.25, 0.3) is 0 Å². The second kappa shape index (κ2) is 9.39. The Bertz CT molecular complexity index is 964. The van der Waals surface area contributed by atoms with Crippen LogP contribution in [0.3, 0.4) is 0 Å². The topological polar surface area (TPSA) is 73.9 Å². The summed E-state index contributed by atoms with van der Waals surface area (Å²) in [7, 11) is 4.14. The lowest BCUT2D eigenvalue weighted by Gasteiger charge is -2.25. The number of amides is 1. The maximum Gasteiger partial charge on any atom is 0.220 e. The van der Waals surface area contributed by atoms with E-state index in [-0.39, 0.29) is 17.9 Å². The number of nitrogens with one attached hydrogen (secondary N) is 2. The molecule has 0 radical (unpaired) electrons. The van der Waals surface area contributed by atoms with E-state index in [4.69, 9.17) is 0 Å². The summed E-state index contributed by atoms with van der Waals surface area (Å²) in [4.78, 5) is 19.2. The Balaban J connectivity index is 1.34. The maximum atomic E-state index is 12.8. The van der Waals surface area contributed by atoms with Crippen LogP contribution in [0.5, 0.6) is 0 Å². The summed E-state index contributed by atoms with van der Waals surface area (Å²) in [5.41, 5.74) is 3.47. The van der Waals surface area contributed by atoms with Crippen LogP contribution >= 0.6 is 0 Å². The fraction of sp³-hybridized carbons (Fsp3) is 0.458. The molecular weight excluding hydrogens is 374 g/mol. The van der Waals surface area contributed by atoms with Crippen LogP contribution in [-0.4, -0.2) is 52.7 Å². The van der Waals surface area contributed by atoms with Crippen LogP contribution in [0.4, 0.5) is 0 Å². The van der Waals surface area contributed by atoms with Gasteiger partial charge in [0.1, 0.15) is 0 Å². The SMILES string of the molecule is CN(C)C(CNC(=O)CC(CC1CC1)c1cccnc1)Cc1ccc2[nH]ncc2c1. The van der Waals surface area contributed by atoms with E-state index in [1.807, 2.05) is 18.5 Å². The molecule has 6 nitrogen and oxygen atoms in total. The predicted octanol–water partition coefficient (Wildman–Crippen LogP) is 3.52. The Labute approximate surface area is 178 Å². The van der Waals surface area contributed by atoms with Gasteiger partial charge in [-0.05, 0) is 68.1 Å². The van der Waals surface area contributed by atoms with Gasteiger partial charge in [-0.25, -0.2) is 0 Å². The average Bonchev–Trinajstić information content (AvgIpc) is 3.44. The summed E-state index contributed by atoms with van der Waals surface area (Å²) < 4.78 is 0. The van der Waals surface area contributed by atoms with E-state index in [1.165, 1.54) is 24.0 Å². The molecule has 1 amide bonds. The molecule has 2 aromatic heterocycles. The minimum atomic E-state index is 0.127. The van der Waals surface area contributed by atoms with Crippen molar-refractivity contribution in [2.75, 3.05) is 20.6 Å². The summed E-state index contributed by atoms with van der Waals surface area (Å²) >= 11 is 0. The molecule has 4 rings (SSSR count). The summed E-state index contributed by atoms with van der Waals surface area (Å²) in [6.07, 6.45) is 10.6. The molecule has 158 valence electrons. The van der Waals surface area contributed by atoms with Crippen LogP contribution < -0.4 is 5.32 Å². The Morgan fingerprint density at radius 3 is 2.87 bits per heavy atom. The third-order valence-electron chi connectivity index (χ3n) is 6.14. The minimum absolute atomic E-state index is 0.127. The van der Waals surface area contributed by atoms with E-state index in [0.29, 0.717) is 13.0 Å². The fourth-order valence-electron chi connectivity index (χ4n) is 4.07. The monoisotopic (exact) mass is 405 g/mol. The third kappa shape index (κ3) is 5.45. The van der Waals surface area contributed by atoms with Gasteiger partial charge in [0.15, 0.2) is 0 Å². The molecule has 0 saturated heterocycles. The molecule has 1 fully saturated rings.